The van der Waals surface area contributed by atoms with E-state index in [1.54, 1.807) is 0 Å². The van der Waals surface area contributed by atoms with Crippen LogP contribution in [0.5, 0.6) is 0 Å². The van der Waals surface area contributed by atoms with Gasteiger partial charge in [0.2, 0.25) is 0 Å². The van der Waals surface area contributed by atoms with Gasteiger partial charge in [0.1, 0.15) is 5.54 Å². The van der Waals surface area contributed by atoms with Crippen molar-refractivity contribution in [2.75, 3.05) is 37.7 Å². The Morgan fingerprint density at radius 3 is 2.47 bits per heavy atom. The van der Waals surface area contributed by atoms with Crippen LogP contribution in [0.4, 0.5) is 4.79 Å². The Balaban J connectivity index is 1.65. The zero-order chi connectivity index (χ0) is 13.7. The predicted octanol–water partition coefficient (Wildman–Crippen LogP) is 0.342. The fraction of sp³-hybridized carbons (Fsp3) is 0.833. The number of carboxylic acid groups (broad SMARTS) is 1. The van der Waals surface area contributed by atoms with E-state index in [1.807, 2.05) is 11.8 Å². The molecule has 3 N–H and O–H groups in total. The summed E-state index contributed by atoms with van der Waals surface area (Å²) in [5, 5.41) is 14.5. The first-order chi connectivity index (χ1) is 9.12. The van der Waals surface area contributed by atoms with Crippen LogP contribution in [0, 0.1) is 0 Å². The number of carbonyl (C=O) groups is 2. The summed E-state index contributed by atoms with van der Waals surface area (Å²) in [4.78, 5) is 25.1. The highest BCUT2D eigenvalue weighted by molar-refractivity contribution is 7.99. The number of nitrogens with zero attached hydrogens (tertiary/aromatic N) is 1. The lowest BCUT2D eigenvalue weighted by atomic mass is 9.77. The highest BCUT2D eigenvalue weighted by atomic mass is 32.2. The Hall–Kier alpha value is -0.950. The summed E-state index contributed by atoms with van der Waals surface area (Å²) in [6.07, 6.45) is 1.91. The molecule has 0 aromatic heterocycles. The van der Waals surface area contributed by atoms with Crippen molar-refractivity contribution < 1.29 is 14.7 Å². The molecule has 1 saturated heterocycles. The third-order valence-corrected chi connectivity index (χ3v) is 4.73. The Morgan fingerprint density at radius 2 is 1.95 bits per heavy atom. The fourth-order valence-corrected chi connectivity index (χ4v) is 3.32. The van der Waals surface area contributed by atoms with Crippen molar-refractivity contribution in [3.8, 4) is 0 Å². The van der Waals surface area contributed by atoms with Crippen LogP contribution < -0.4 is 10.6 Å². The molecule has 1 saturated carbocycles. The average molecular weight is 287 g/mol. The first-order valence-corrected chi connectivity index (χ1v) is 7.87. The van der Waals surface area contributed by atoms with Crippen LogP contribution in [-0.2, 0) is 4.79 Å². The van der Waals surface area contributed by atoms with E-state index >= 15 is 0 Å². The normalized spacial score (nSPS) is 22.3. The van der Waals surface area contributed by atoms with Crippen LogP contribution in [0.1, 0.15) is 19.3 Å². The van der Waals surface area contributed by atoms with Gasteiger partial charge in [-0.3, -0.25) is 4.90 Å². The van der Waals surface area contributed by atoms with E-state index in [9.17, 15) is 9.59 Å². The maximum Gasteiger partial charge on any atom is 0.329 e. The number of hydrogen-bond acceptors (Lipinski definition) is 4. The van der Waals surface area contributed by atoms with E-state index in [2.05, 4.69) is 15.5 Å². The van der Waals surface area contributed by atoms with Gasteiger partial charge in [0, 0.05) is 37.7 Å². The summed E-state index contributed by atoms with van der Waals surface area (Å²) in [6.45, 7) is 3.51. The van der Waals surface area contributed by atoms with Gasteiger partial charge in [-0.1, -0.05) is 0 Å². The summed E-state index contributed by atoms with van der Waals surface area (Å²) in [6, 6.07) is -0.367. The second-order valence-electron chi connectivity index (χ2n) is 5.08. The summed E-state index contributed by atoms with van der Waals surface area (Å²) in [5.74, 6) is 1.37. The number of carboxylic acids is 1. The van der Waals surface area contributed by atoms with E-state index in [0.29, 0.717) is 19.4 Å². The van der Waals surface area contributed by atoms with Crippen LogP contribution in [0.25, 0.3) is 0 Å². The van der Waals surface area contributed by atoms with Crippen molar-refractivity contribution in [1.29, 1.82) is 0 Å². The van der Waals surface area contributed by atoms with Gasteiger partial charge in [0.25, 0.3) is 0 Å². The van der Waals surface area contributed by atoms with Crippen LogP contribution in [0.3, 0.4) is 0 Å². The van der Waals surface area contributed by atoms with Gasteiger partial charge in [-0.15, -0.1) is 0 Å². The number of amides is 2. The lowest BCUT2D eigenvalue weighted by Crippen LogP contribution is -2.61. The first-order valence-electron chi connectivity index (χ1n) is 6.72. The molecule has 0 aromatic rings. The first kappa shape index (κ1) is 14.5. The third-order valence-electron chi connectivity index (χ3n) is 3.79. The van der Waals surface area contributed by atoms with Gasteiger partial charge in [-0.2, -0.15) is 11.8 Å². The van der Waals surface area contributed by atoms with E-state index in [0.717, 1.165) is 37.6 Å². The maximum atomic E-state index is 11.7. The Labute approximate surface area is 117 Å². The van der Waals surface area contributed by atoms with Crippen molar-refractivity contribution in [1.82, 2.24) is 15.5 Å². The van der Waals surface area contributed by atoms with E-state index in [-0.39, 0.29) is 6.03 Å². The molecule has 0 atom stereocenters. The van der Waals surface area contributed by atoms with Gasteiger partial charge >= 0.3 is 12.0 Å². The number of hydrogen-bond donors (Lipinski definition) is 3. The molecule has 0 radical (unpaired) electrons. The molecule has 7 heteroatoms. The number of thioether (sulfide) groups is 1. The zero-order valence-corrected chi connectivity index (χ0v) is 11.8. The predicted molar refractivity (Wildman–Crippen MR) is 74.5 cm³/mol. The van der Waals surface area contributed by atoms with E-state index in [1.165, 1.54) is 0 Å². The Bertz CT molecular complexity index is 341. The van der Waals surface area contributed by atoms with Gasteiger partial charge in [-0.05, 0) is 19.3 Å². The molecule has 6 nitrogen and oxygen atoms in total. The minimum atomic E-state index is -1.02. The summed E-state index contributed by atoms with van der Waals surface area (Å²) >= 11 is 1.95. The number of urea groups is 1. The SMILES string of the molecule is O=C(NCCN1CCSCC1)NC1(C(=O)O)CCC1. The molecule has 0 bridgehead atoms. The molecule has 0 spiro atoms. The number of nitrogens with one attached hydrogen (secondary N) is 2. The molecular formula is C12H21N3O3S. The molecule has 0 unspecified atom stereocenters. The number of carbonyl (C=O) groups excluding carboxylic acids is 1. The molecule has 0 aromatic carbocycles. The monoisotopic (exact) mass is 287 g/mol. The van der Waals surface area contributed by atoms with Crippen molar-refractivity contribution >= 4 is 23.8 Å². The van der Waals surface area contributed by atoms with Crippen molar-refractivity contribution in [2.24, 2.45) is 0 Å². The lowest BCUT2D eigenvalue weighted by Gasteiger charge is -2.38. The molecule has 2 aliphatic rings. The van der Waals surface area contributed by atoms with Gasteiger partial charge in [0.05, 0.1) is 0 Å². The number of aliphatic carboxylic acids is 1. The average Bonchev–Trinajstić information content (AvgIpc) is 2.34. The maximum absolute atomic E-state index is 11.7. The molecule has 1 heterocycles. The van der Waals surface area contributed by atoms with Crippen LogP contribution in [-0.4, -0.2) is 65.2 Å². The standard InChI is InChI=1S/C12H21N3O3S/c16-10(17)12(2-1-3-12)14-11(18)13-4-5-15-6-8-19-9-7-15/h1-9H2,(H,16,17)(H2,13,14,18). The van der Waals surface area contributed by atoms with Crippen molar-refractivity contribution in [2.45, 2.75) is 24.8 Å². The second kappa shape index (κ2) is 6.47. The summed E-state index contributed by atoms with van der Waals surface area (Å²) < 4.78 is 0. The Morgan fingerprint density at radius 1 is 1.26 bits per heavy atom. The summed E-state index contributed by atoms with van der Waals surface area (Å²) in [5.41, 5.74) is -1.02. The van der Waals surface area contributed by atoms with Crippen LogP contribution in [0.2, 0.25) is 0 Å². The zero-order valence-electron chi connectivity index (χ0n) is 11.0. The third kappa shape index (κ3) is 3.76. The quantitative estimate of drug-likeness (QED) is 0.679. The van der Waals surface area contributed by atoms with Gasteiger partial charge in [0.15, 0.2) is 0 Å². The highest BCUT2D eigenvalue weighted by Gasteiger charge is 2.45. The molecule has 108 valence electrons. The topological polar surface area (TPSA) is 81.7 Å². The van der Waals surface area contributed by atoms with Crippen molar-refractivity contribution in [3.05, 3.63) is 0 Å². The molecule has 2 rings (SSSR count). The molecule has 1 aliphatic heterocycles. The lowest BCUT2D eigenvalue weighted by molar-refractivity contribution is -0.148. The van der Waals surface area contributed by atoms with E-state index < -0.39 is 11.5 Å². The van der Waals surface area contributed by atoms with Crippen LogP contribution in [0.15, 0.2) is 0 Å². The Kier molecular flexibility index (Phi) is 4.93. The minimum absolute atomic E-state index is 0.367. The van der Waals surface area contributed by atoms with Gasteiger partial charge < -0.3 is 15.7 Å². The molecule has 19 heavy (non-hydrogen) atoms. The molecule has 2 fully saturated rings. The molecule has 2 amide bonds. The van der Waals surface area contributed by atoms with E-state index in [4.69, 9.17) is 5.11 Å². The molecular weight excluding hydrogens is 266 g/mol. The molecule has 1 aliphatic carbocycles. The van der Waals surface area contributed by atoms with Gasteiger partial charge in [-0.25, -0.2) is 9.59 Å². The van der Waals surface area contributed by atoms with Crippen molar-refractivity contribution in [3.63, 3.8) is 0 Å². The largest absolute Gasteiger partial charge is 0.480 e. The van der Waals surface area contributed by atoms with Crippen LogP contribution >= 0.6 is 11.8 Å². The summed E-state index contributed by atoms with van der Waals surface area (Å²) in [7, 11) is 0. The smallest absolute Gasteiger partial charge is 0.329 e. The highest BCUT2D eigenvalue weighted by Crippen LogP contribution is 2.31. The number of rotatable bonds is 5. The minimum Gasteiger partial charge on any atom is -0.480 e. The second-order valence-corrected chi connectivity index (χ2v) is 6.30. The fourth-order valence-electron chi connectivity index (χ4n) is 2.34.